The van der Waals surface area contributed by atoms with E-state index in [1.54, 1.807) is 12.4 Å². The van der Waals surface area contributed by atoms with Crippen molar-refractivity contribution >= 4 is 5.91 Å². The molecule has 0 aliphatic carbocycles. The van der Waals surface area contributed by atoms with Crippen LogP contribution in [0.4, 0.5) is 0 Å². The Hall–Kier alpha value is -2.24. The molecule has 2 aromatic heterocycles. The van der Waals surface area contributed by atoms with E-state index < -0.39 is 0 Å². The van der Waals surface area contributed by atoms with Crippen molar-refractivity contribution in [1.82, 2.24) is 24.6 Å². The first-order valence-corrected chi connectivity index (χ1v) is 8.86. The molecule has 24 heavy (non-hydrogen) atoms. The van der Waals surface area contributed by atoms with Crippen molar-refractivity contribution in [3.8, 4) is 11.4 Å². The molecule has 2 aliphatic heterocycles. The van der Waals surface area contributed by atoms with Gasteiger partial charge in [-0.1, -0.05) is 6.92 Å². The minimum absolute atomic E-state index is 0.143. The van der Waals surface area contributed by atoms with Gasteiger partial charge in [0.2, 0.25) is 5.91 Å². The van der Waals surface area contributed by atoms with Gasteiger partial charge < -0.3 is 9.47 Å². The van der Waals surface area contributed by atoms with Crippen molar-refractivity contribution in [2.45, 2.75) is 45.1 Å². The van der Waals surface area contributed by atoms with Gasteiger partial charge in [-0.3, -0.25) is 9.78 Å². The van der Waals surface area contributed by atoms with Crippen LogP contribution in [0, 0.1) is 5.92 Å². The zero-order valence-corrected chi connectivity index (χ0v) is 14.1. The molecule has 1 fully saturated rings. The smallest absolute Gasteiger partial charge is 0.233 e. The summed E-state index contributed by atoms with van der Waals surface area (Å²) in [7, 11) is 0. The lowest BCUT2D eigenvalue weighted by molar-refractivity contribution is -0.134. The fourth-order valence-electron chi connectivity index (χ4n) is 3.77. The molecule has 0 saturated carbocycles. The van der Waals surface area contributed by atoms with E-state index in [-0.39, 0.29) is 11.8 Å². The first-order chi connectivity index (χ1) is 11.7. The Labute approximate surface area is 141 Å². The molecule has 1 saturated heterocycles. The van der Waals surface area contributed by atoms with Crippen LogP contribution in [0.2, 0.25) is 0 Å². The number of rotatable bonds is 2. The molecule has 1 unspecified atom stereocenters. The van der Waals surface area contributed by atoms with Gasteiger partial charge in [0.05, 0.1) is 5.92 Å². The number of nitrogens with zero attached hydrogens (tertiary/aromatic N) is 5. The molecule has 1 atom stereocenters. The highest BCUT2D eigenvalue weighted by Crippen LogP contribution is 2.32. The Kier molecular flexibility index (Phi) is 4.04. The zero-order chi connectivity index (χ0) is 16.5. The van der Waals surface area contributed by atoms with Crippen LogP contribution >= 0.6 is 0 Å². The van der Waals surface area contributed by atoms with Crippen molar-refractivity contribution in [1.29, 1.82) is 0 Å². The largest absolute Gasteiger partial charge is 0.342 e. The van der Waals surface area contributed by atoms with Gasteiger partial charge in [-0.2, -0.15) is 0 Å². The first kappa shape index (κ1) is 15.3. The number of carbonyl (C=O) groups is 1. The molecule has 2 aromatic rings. The van der Waals surface area contributed by atoms with Gasteiger partial charge >= 0.3 is 0 Å². The monoisotopic (exact) mass is 325 g/mol. The number of hydrogen-bond donors (Lipinski definition) is 0. The topological polar surface area (TPSA) is 63.9 Å². The second-order valence-electron chi connectivity index (χ2n) is 6.97. The predicted molar refractivity (Wildman–Crippen MR) is 90.2 cm³/mol. The van der Waals surface area contributed by atoms with Gasteiger partial charge in [0.25, 0.3) is 0 Å². The average Bonchev–Trinajstić information content (AvgIpc) is 3.06. The quantitative estimate of drug-likeness (QED) is 0.851. The number of amides is 1. The van der Waals surface area contributed by atoms with E-state index >= 15 is 0 Å². The number of hydrogen-bond acceptors (Lipinski definition) is 4. The van der Waals surface area contributed by atoms with Gasteiger partial charge in [-0.25, -0.2) is 0 Å². The van der Waals surface area contributed by atoms with Crippen LogP contribution in [0.25, 0.3) is 11.4 Å². The third kappa shape index (κ3) is 2.70. The third-order valence-electron chi connectivity index (χ3n) is 5.30. The molecular weight excluding hydrogens is 302 g/mol. The van der Waals surface area contributed by atoms with Crippen LogP contribution in [0.5, 0.6) is 0 Å². The lowest BCUT2D eigenvalue weighted by Gasteiger charge is -2.34. The van der Waals surface area contributed by atoms with Crippen molar-refractivity contribution in [2.75, 3.05) is 13.1 Å². The normalized spacial score (nSPS) is 21.5. The summed E-state index contributed by atoms with van der Waals surface area (Å²) >= 11 is 0. The van der Waals surface area contributed by atoms with E-state index in [4.69, 9.17) is 0 Å². The second-order valence-corrected chi connectivity index (χ2v) is 6.97. The summed E-state index contributed by atoms with van der Waals surface area (Å²) in [6.45, 7) is 4.89. The van der Waals surface area contributed by atoms with E-state index in [0.717, 1.165) is 68.4 Å². The summed E-state index contributed by atoms with van der Waals surface area (Å²) in [5, 5.41) is 8.76. The lowest BCUT2D eigenvalue weighted by atomic mass is 9.94. The fourth-order valence-corrected chi connectivity index (χ4v) is 3.77. The Morgan fingerprint density at radius 2 is 1.83 bits per heavy atom. The lowest BCUT2D eigenvalue weighted by Crippen LogP contribution is -2.42. The summed E-state index contributed by atoms with van der Waals surface area (Å²) in [5.74, 6) is 2.49. The minimum Gasteiger partial charge on any atom is -0.342 e. The highest BCUT2D eigenvalue weighted by atomic mass is 16.2. The summed E-state index contributed by atoms with van der Waals surface area (Å²) < 4.78 is 2.12. The van der Waals surface area contributed by atoms with Crippen molar-refractivity contribution in [3.63, 3.8) is 0 Å². The fraction of sp³-hybridized carbons (Fsp3) is 0.556. The van der Waals surface area contributed by atoms with E-state index in [9.17, 15) is 4.79 Å². The molecule has 2 aliphatic rings. The second kappa shape index (κ2) is 6.34. The molecule has 6 heteroatoms. The number of pyridine rings is 1. The maximum absolute atomic E-state index is 13.0. The van der Waals surface area contributed by atoms with Crippen LogP contribution in [0.15, 0.2) is 24.5 Å². The molecule has 6 nitrogen and oxygen atoms in total. The van der Waals surface area contributed by atoms with Gasteiger partial charge in [0.1, 0.15) is 5.82 Å². The number of carbonyl (C=O) groups excluding carboxylic acids is 1. The third-order valence-corrected chi connectivity index (χ3v) is 5.30. The van der Waals surface area contributed by atoms with Crippen molar-refractivity contribution in [3.05, 3.63) is 30.4 Å². The first-order valence-electron chi connectivity index (χ1n) is 8.86. The highest BCUT2D eigenvalue weighted by molar-refractivity contribution is 5.83. The molecule has 1 amide bonds. The number of piperidine rings is 1. The average molecular weight is 325 g/mol. The molecule has 0 spiro atoms. The Bertz CT molecular complexity index is 718. The molecule has 0 radical (unpaired) electrons. The molecule has 126 valence electrons. The maximum atomic E-state index is 13.0. The summed E-state index contributed by atoms with van der Waals surface area (Å²) in [5.41, 5.74) is 1.00. The zero-order valence-electron chi connectivity index (χ0n) is 14.1. The van der Waals surface area contributed by atoms with Crippen LogP contribution in [-0.2, 0) is 11.3 Å². The van der Waals surface area contributed by atoms with Crippen LogP contribution in [0.1, 0.15) is 44.3 Å². The number of aromatic nitrogens is 4. The van der Waals surface area contributed by atoms with Gasteiger partial charge in [-0.15, -0.1) is 10.2 Å². The summed E-state index contributed by atoms with van der Waals surface area (Å²) in [6, 6.07) is 3.88. The molecule has 4 rings (SSSR count). The van der Waals surface area contributed by atoms with Crippen LogP contribution in [0.3, 0.4) is 0 Å². The molecular formula is C18H23N5O. The van der Waals surface area contributed by atoms with E-state index in [1.165, 1.54) is 0 Å². The maximum Gasteiger partial charge on any atom is 0.233 e. The van der Waals surface area contributed by atoms with Crippen molar-refractivity contribution in [2.24, 2.45) is 5.92 Å². The van der Waals surface area contributed by atoms with Gasteiger partial charge in [0.15, 0.2) is 5.82 Å². The Balaban J connectivity index is 1.60. The SMILES string of the molecule is CC1CCN(C(=O)C2CCCn3c(-c4ccncc4)nnc32)CC1. The van der Waals surface area contributed by atoms with Gasteiger partial charge in [-0.05, 0) is 43.7 Å². The van der Waals surface area contributed by atoms with Crippen LogP contribution in [-0.4, -0.2) is 43.6 Å². The standard InChI is InChI=1S/C18H23N5O/c1-13-6-11-22(12-7-13)18(24)15-3-2-10-23-16(20-21-17(15)23)14-4-8-19-9-5-14/h4-5,8-9,13,15H,2-3,6-7,10-12H2,1H3. The van der Waals surface area contributed by atoms with Crippen molar-refractivity contribution < 1.29 is 4.79 Å². The number of likely N-dealkylation sites (tertiary alicyclic amines) is 1. The summed E-state index contributed by atoms with van der Waals surface area (Å²) in [4.78, 5) is 19.1. The molecule has 0 bridgehead atoms. The van der Waals surface area contributed by atoms with Crippen LogP contribution < -0.4 is 0 Å². The summed E-state index contributed by atoms with van der Waals surface area (Å²) in [6.07, 6.45) is 7.60. The molecule has 0 aromatic carbocycles. The van der Waals surface area contributed by atoms with E-state index in [0.29, 0.717) is 0 Å². The minimum atomic E-state index is -0.143. The van der Waals surface area contributed by atoms with E-state index in [2.05, 4.69) is 26.7 Å². The molecule has 4 heterocycles. The number of fused-ring (bicyclic) bond motifs is 1. The Morgan fingerprint density at radius 3 is 2.58 bits per heavy atom. The highest BCUT2D eigenvalue weighted by Gasteiger charge is 2.34. The predicted octanol–water partition coefficient (Wildman–Crippen LogP) is 2.48. The van der Waals surface area contributed by atoms with E-state index in [1.807, 2.05) is 17.0 Å². The Morgan fingerprint density at radius 1 is 1.08 bits per heavy atom. The molecule has 0 N–H and O–H groups in total. The van der Waals surface area contributed by atoms with Gasteiger partial charge in [0, 0.05) is 37.6 Å².